The van der Waals surface area contributed by atoms with Crippen molar-refractivity contribution in [1.82, 2.24) is 5.32 Å². The molecule has 1 saturated carbocycles. The van der Waals surface area contributed by atoms with Gasteiger partial charge in [-0.25, -0.2) is 8.42 Å². The summed E-state index contributed by atoms with van der Waals surface area (Å²) in [7, 11) is -2.98. The standard InChI is InChI=1S/C13H27NO2S/c1-5-11-7-8-12(14-6-2)13(9-11)17(15,16)10(3)4/h10-14H,5-9H2,1-4H3. The molecule has 1 aliphatic rings. The fraction of sp³-hybridized carbons (Fsp3) is 1.00. The molecule has 102 valence electrons. The first kappa shape index (κ1) is 15.0. The fourth-order valence-corrected chi connectivity index (χ4v) is 4.72. The maximum atomic E-state index is 12.4. The molecule has 0 aromatic heterocycles. The van der Waals surface area contributed by atoms with E-state index in [2.05, 4.69) is 12.2 Å². The first-order valence-corrected chi connectivity index (χ1v) is 8.50. The van der Waals surface area contributed by atoms with Crippen molar-refractivity contribution in [3.05, 3.63) is 0 Å². The van der Waals surface area contributed by atoms with Gasteiger partial charge >= 0.3 is 0 Å². The van der Waals surface area contributed by atoms with Crippen molar-refractivity contribution in [2.45, 2.75) is 69.9 Å². The van der Waals surface area contributed by atoms with Gasteiger partial charge in [0.1, 0.15) is 0 Å². The van der Waals surface area contributed by atoms with Gasteiger partial charge in [-0.05, 0) is 45.6 Å². The molecule has 1 fully saturated rings. The predicted octanol–water partition coefficient (Wildman–Crippen LogP) is 2.37. The first-order chi connectivity index (χ1) is 7.93. The van der Waals surface area contributed by atoms with Gasteiger partial charge in [-0.3, -0.25) is 0 Å². The third-order valence-corrected chi connectivity index (χ3v) is 6.70. The second-order valence-electron chi connectivity index (χ2n) is 5.43. The molecule has 0 aromatic rings. The third-order valence-electron chi connectivity index (χ3n) is 4.02. The van der Waals surface area contributed by atoms with Gasteiger partial charge in [-0.15, -0.1) is 0 Å². The Morgan fingerprint density at radius 3 is 2.35 bits per heavy atom. The predicted molar refractivity (Wildman–Crippen MR) is 72.9 cm³/mol. The second-order valence-corrected chi connectivity index (χ2v) is 8.15. The Hall–Kier alpha value is -0.0900. The zero-order valence-corrected chi connectivity index (χ0v) is 12.4. The van der Waals surface area contributed by atoms with Crippen molar-refractivity contribution < 1.29 is 8.42 Å². The van der Waals surface area contributed by atoms with Crippen LogP contribution in [0.25, 0.3) is 0 Å². The van der Waals surface area contributed by atoms with E-state index in [0.717, 1.165) is 32.2 Å². The van der Waals surface area contributed by atoms with Crippen LogP contribution in [0.15, 0.2) is 0 Å². The zero-order chi connectivity index (χ0) is 13.1. The maximum Gasteiger partial charge on any atom is 0.157 e. The van der Waals surface area contributed by atoms with Gasteiger partial charge in [-0.2, -0.15) is 0 Å². The monoisotopic (exact) mass is 261 g/mol. The lowest BCUT2D eigenvalue weighted by Gasteiger charge is -2.36. The van der Waals surface area contributed by atoms with Crippen LogP contribution in [0.3, 0.4) is 0 Å². The quantitative estimate of drug-likeness (QED) is 0.826. The molecule has 0 spiro atoms. The largest absolute Gasteiger partial charge is 0.313 e. The molecule has 0 heterocycles. The van der Waals surface area contributed by atoms with E-state index < -0.39 is 9.84 Å². The van der Waals surface area contributed by atoms with Crippen molar-refractivity contribution in [1.29, 1.82) is 0 Å². The maximum absolute atomic E-state index is 12.4. The molecular formula is C13H27NO2S. The summed E-state index contributed by atoms with van der Waals surface area (Å²) in [6.07, 6.45) is 4.11. The molecule has 4 heteroatoms. The number of rotatable bonds is 5. The summed E-state index contributed by atoms with van der Waals surface area (Å²) in [5.74, 6) is 0.587. The van der Waals surface area contributed by atoms with Gasteiger partial charge in [0, 0.05) is 6.04 Å². The van der Waals surface area contributed by atoms with Crippen LogP contribution in [0.1, 0.15) is 53.4 Å². The summed E-state index contributed by atoms with van der Waals surface area (Å²) >= 11 is 0. The molecule has 0 bridgehead atoms. The Morgan fingerprint density at radius 2 is 1.88 bits per heavy atom. The smallest absolute Gasteiger partial charge is 0.157 e. The zero-order valence-electron chi connectivity index (χ0n) is 11.6. The molecule has 1 N–H and O–H groups in total. The Bertz CT molecular complexity index is 324. The van der Waals surface area contributed by atoms with Gasteiger partial charge in [0.05, 0.1) is 10.5 Å². The lowest BCUT2D eigenvalue weighted by atomic mass is 9.84. The molecule has 1 aliphatic carbocycles. The van der Waals surface area contributed by atoms with Gasteiger partial charge in [0.2, 0.25) is 0 Å². The lowest BCUT2D eigenvalue weighted by Crippen LogP contribution is -2.49. The van der Waals surface area contributed by atoms with Gasteiger partial charge in [0.15, 0.2) is 9.84 Å². The molecule has 17 heavy (non-hydrogen) atoms. The molecule has 0 radical (unpaired) electrons. The number of sulfone groups is 1. The minimum absolute atomic E-state index is 0.162. The summed E-state index contributed by atoms with van der Waals surface area (Å²) < 4.78 is 24.8. The van der Waals surface area contributed by atoms with Crippen molar-refractivity contribution in [3.8, 4) is 0 Å². The summed E-state index contributed by atoms with van der Waals surface area (Å²) in [6.45, 7) is 8.66. The lowest BCUT2D eigenvalue weighted by molar-refractivity contribution is 0.289. The highest BCUT2D eigenvalue weighted by atomic mass is 32.2. The number of hydrogen-bond acceptors (Lipinski definition) is 3. The van der Waals surface area contributed by atoms with Crippen LogP contribution in [0.2, 0.25) is 0 Å². The van der Waals surface area contributed by atoms with Crippen LogP contribution in [-0.2, 0) is 9.84 Å². The van der Waals surface area contributed by atoms with E-state index in [4.69, 9.17) is 0 Å². The summed E-state index contributed by atoms with van der Waals surface area (Å²) in [5.41, 5.74) is 0. The van der Waals surface area contributed by atoms with Crippen molar-refractivity contribution in [3.63, 3.8) is 0 Å². The topological polar surface area (TPSA) is 46.2 Å². The van der Waals surface area contributed by atoms with Gasteiger partial charge in [0.25, 0.3) is 0 Å². The Kier molecular flexibility index (Phi) is 5.45. The Labute approximate surface area is 106 Å². The SMILES string of the molecule is CCNC1CCC(CC)CC1S(=O)(=O)C(C)C. The van der Waals surface area contributed by atoms with Crippen LogP contribution in [-0.4, -0.2) is 31.5 Å². The average Bonchev–Trinajstić information content (AvgIpc) is 2.29. The highest BCUT2D eigenvalue weighted by Gasteiger charge is 2.39. The summed E-state index contributed by atoms with van der Waals surface area (Å²) in [6, 6.07) is 0.162. The molecule has 3 nitrogen and oxygen atoms in total. The van der Waals surface area contributed by atoms with Crippen LogP contribution in [0.5, 0.6) is 0 Å². The van der Waals surface area contributed by atoms with E-state index in [0.29, 0.717) is 5.92 Å². The molecule has 3 unspecified atom stereocenters. The molecular weight excluding hydrogens is 234 g/mol. The molecule has 0 aliphatic heterocycles. The highest BCUT2D eigenvalue weighted by molar-refractivity contribution is 7.92. The fourth-order valence-electron chi connectivity index (χ4n) is 2.79. The van der Waals surface area contributed by atoms with E-state index in [1.165, 1.54) is 0 Å². The Morgan fingerprint density at radius 1 is 1.24 bits per heavy atom. The molecule has 0 saturated heterocycles. The molecule has 1 rings (SSSR count). The van der Waals surface area contributed by atoms with E-state index in [1.807, 2.05) is 6.92 Å². The van der Waals surface area contributed by atoms with E-state index >= 15 is 0 Å². The highest BCUT2D eigenvalue weighted by Crippen LogP contribution is 2.32. The van der Waals surface area contributed by atoms with Crippen molar-refractivity contribution in [2.24, 2.45) is 5.92 Å². The van der Waals surface area contributed by atoms with Gasteiger partial charge < -0.3 is 5.32 Å². The average molecular weight is 261 g/mol. The second kappa shape index (κ2) is 6.19. The minimum atomic E-state index is -2.98. The summed E-state index contributed by atoms with van der Waals surface area (Å²) in [4.78, 5) is 0. The molecule has 0 aromatic carbocycles. The first-order valence-electron chi connectivity index (χ1n) is 6.89. The Balaban J connectivity index is 2.87. The molecule has 0 amide bonds. The molecule has 3 atom stereocenters. The summed E-state index contributed by atoms with van der Waals surface area (Å²) in [5, 5.41) is 2.92. The minimum Gasteiger partial charge on any atom is -0.313 e. The van der Waals surface area contributed by atoms with Crippen LogP contribution in [0.4, 0.5) is 0 Å². The van der Waals surface area contributed by atoms with Crippen LogP contribution in [0, 0.1) is 5.92 Å². The van der Waals surface area contributed by atoms with E-state index in [-0.39, 0.29) is 16.5 Å². The van der Waals surface area contributed by atoms with Crippen molar-refractivity contribution >= 4 is 9.84 Å². The van der Waals surface area contributed by atoms with Gasteiger partial charge in [-0.1, -0.05) is 20.3 Å². The van der Waals surface area contributed by atoms with Crippen LogP contribution >= 0.6 is 0 Å². The number of hydrogen-bond donors (Lipinski definition) is 1. The number of nitrogens with one attached hydrogen (secondary N) is 1. The third kappa shape index (κ3) is 3.44. The normalized spacial score (nSPS) is 30.8. The van der Waals surface area contributed by atoms with E-state index in [1.54, 1.807) is 13.8 Å². The van der Waals surface area contributed by atoms with Crippen molar-refractivity contribution in [2.75, 3.05) is 6.54 Å². The van der Waals surface area contributed by atoms with Crippen LogP contribution < -0.4 is 5.32 Å². The van der Waals surface area contributed by atoms with E-state index in [9.17, 15) is 8.42 Å².